The predicted molar refractivity (Wildman–Crippen MR) is 106 cm³/mol. The van der Waals surface area contributed by atoms with Crippen LogP contribution in [0.4, 0.5) is 0 Å². The van der Waals surface area contributed by atoms with Crippen LogP contribution in [0, 0.1) is 6.92 Å². The Morgan fingerprint density at radius 3 is 2.81 bits per heavy atom. The van der Waals surface area contributed by atoms with E-state index in [0.29, 0.717) is 18.9 Å². The van der Waals surface area contributed by atoms with Crippen LogP contribution in [0.1, 0.15) is 47.1 Å². The Morgan fingerprint density at radius 1 is 1.30 bits per heavy atom. The van der Waals surface area contributed by atoms with Gasteiger partial charge in [-0.2, -0.15) is 0 Å². The molecule has 1 unspecified atom stereocenters. The van der Waals surface area contributed by atoms with Gasteiger partial charge < -0.3 is 14.1 Å². The van der Waals surface area contributed by atoms with Crippen molar-refractivity contribution in [3.63, 3.8) is 0 Å². The molecule has 0 N–H and O–H groups in total. The van der Waals surface area contributed by atoms with E-state index in [1.54, 1.807) is 28.4 Å². The molecular formula is C21H24N2O3S. The first-order valence-corrected chi connectivity index (χ1v) is 9.92. The van der Waals surface area contributed by atoms with Crippen LogP contribution in [0.25, 0.3) is 0 Å². The van der Waals surface area contributed by atoms with Crippen LogP contribution in [0.2, 0.25) is 0 Å². The first-order chi connectivity index (χ1) is 13.1. The van der Waals surface area contributed by atoms with Crippen molar-refractivity contribution in [2.75, 3.05) is 0 Å². The molecule has 0 aliphatic heterocycles. The second-order valence-electron chi connectivity index (χ2n) is 6.45. The van der Waals surface area contributed by atoms with Crippen molar-refractivity contribution in [1.82, 2.24) is 9.88 Å². The molecule has 0 saturated heterocycles. The zero-order valence-electron chi connectivity index (χ0n) is 15.8. The molecule has 0 bridgehead atoms. The van der Waals surface area contributed by atoms with Gasteiger partial charge in [0, 0.05) is 11.4 Å². The molecule has 142 valence electrons. The maximum atomic E-state index is 12.7. The molecule has 2 heterocycles. The smallest absolute Gasteiger partial charge is 0.290 e. The van der Waals surface area contributed by atoms with E-state index in [9.17, 15) is 4.79 Å². The number of carbonyl (C=O) groups is 1. The number of para-hydroxylation sites is 1. The first-order valence-electron chi connectivity index (χ1n) is 9.04. The lowest BCUT2D eigenvalue weighted by atomic mass is 10.2. The Kier molecular flexibility index (Phi) is 6.29. The second kappa shape index (κ2) is 8.86. The Bertz CT molecular complexity index is 873. The molecule has 6 heteroatoms. The van der Waals surface area contributed by atoms with Crippen LogP contribution in [0.15, 0.2) is 52.5 Å². The van der Waals surface area contributed by atoms with Gasteiger partial charge >= 0.3 is 0 Å². The molecule has 0 radical (unpaired) electrons. The van der Waals surface area contributed by atoms with Crippen molar-refractivity contribution in [1.29, 1.82) is 0 Å². The number of furan rings is 1. The normalized spacial score (nSPS) is 12.0. The van der Waals surface area contributed by atoms with E-state index in [1.807, 2.05) is 43.5 Å². The lowest BCUT2D eigenvalue weighted by Crippen LogP contribution is -2.37. The van der Waals surface area contributed by atoms with Crippen molar-refractivity contribution in [2.45, 2.75) is 46.4 Å². The number of aryl methyl sites for hydroxylation is 1. The van der Waals surface area contributed by atoms with Gasteiger partial charge in [-0.05, 0) is 44.0 Å². The third kappa shape index (κ3) is 4.77. The van der Waals surface area contributed by atoms with Gasteiger partial charge in [0.15, 0.2) is 5.76 Å². The van der Waals surface area contributed by atoms with Crippen molar-refractivity contribution in [2.24, 2.45) is 0 Å². The monoisotopic (exact) mass is 384 g/mol. The molecule has 0 aliphatic rings. The maximum absolute atomic E-state index is 12.7. The predicted octanol–water partition coefficient (Wildman–Crippen LogP) is 5.06. The number of nitrogens with zero attached hydrogens (tertiary/aromatic N) is 2. The molecule has 1 aromatic carbocycles. The van der Waals surface area contributed by atoms with Gasteiger partial charge in [-0.3, -0.25) is 4.79 Å². The first kappa shape index (κ1) is 19.2. The minimum absolute atomic E-state index is 0.0935. The summed E-state index contributed by atoms with van der Waals surface area (Å²) < 4.78 is 11.2. The molecule has 3 aromatic rings. The quantitative estimate of drug-likeness (QED) is 0.544. The molecule has 0 aliphatic carbocycles. The average molecular weight is 385 g/mol. The number of hydrogen-bond donors (Lipinski definition) is 0. The summed E-state index contributed by atoms with van der Waals surface area (Å²) >= 11 is 1.55. The Morgan fingerprint density at radius 2 is 2.11 bits per heavy atom. The summed E-state index contributed by atoms with van der Waals surface area (Å²) in [6.07, 6.45) is 2.38. The van der Waals surface area contributed by atoms with Crippen LogP contribution >= 0.6 is 11.3 Å². The highest BCUT2D eigenvalue weighted by molar-refractivity contribution is 7.09. The largest absolute Gasteiger partial charge is 0.486 e. The molecule has 0 spiro atoms. The number of carbonyl (C=O) groups excluding carboxylic acids is 1. The van der Waals surface area contributed by atoms with E-state index in [4.69, 9.17) is 9.15 Å². The molecule has 3 rings (SSSR count). The molecular weight excluding hydrogens is 360 g/mol. The van der Waals surface area contributed by atoms with E-state index in [2.05, 4.69) is 11.9 Å². The minimum Gasteiger partial charge on any atom is -0.486 e. The highest BCUT2D eigenvalue weighted by Crippen LogP contribution is 2.21. The Labute approximate surface area is 163 Å². The zero-order chi connectivity index (χ0) is 19.2. The van der Waals surface area contributed by atoms with E-state index in [-0.39, 0.29) is 11.9 Å². The average Bonchev–Trinajstić information content (AvgIpc) is 3.36. The zero-order valence-corrected chi connectivity index (χ0v) is 16.7. The van der Waals surface area contributed by atoms with Gasteiger partial charge in [-0.25, -0.2) is 4.98 Å². The minimum atomic E-state index is -0.111. The second-order valence-corrected chi connectivity index (χ2v) is 7.40. The summed E-state index contributed by atoms with van der Waals surface area (Å²) in [6, 6.07) is 11.4. The van der Waals surface area contributed by atoms with Crippen molar-refractivity contribution < 1.29 is 13.9 Å². The maximum Gasteiger partial charge on any atom is 0.290 e. The van der Waals surface area contributed by atoms with Crippen molar-refractivity contribution in [3.05, 3.63) is 70.1 Å². The summed E-state index contributed by atoms with van der Waals surface area (Å²) in [4.78, 5) is 19.2. The Balaban J connectivity index is 1.67. The summed E-state index contributed by atoms with van der Waals surface area (Å²) in [5.74, 6) is 1.11. The number of hydrogen-bond acceptors (Lipinski definition) is 5. The number of benzene rings is 1. The van der Waals surface area contributed by atoms with Crippen LogP contribution in [0.3, 0.4) is 0 Å². The molecule has 2 aromatic heterocycles. The standard InChI is InChI=1S/C21H24N2O3S/c1-4-16(3)23(21(24)19-10-7-11-25-19)12-17-14-27-20(22-17)13-26-18-9-6-5-8-15(18)2/h5-11,14,16H,4,12-13H2,1-3H3. The number of aromatic nitrogens is 1. The number of amides is 1. The van der Waals surface area contributed by atoms with E-state index in [1.165, 1.54) is 6.26 Å². The van der Waals surface area contributed by atoms with Gasteiger partial charge in [0.1, 0.15) is 17.4 Å². The Hall–Kier alpha value is -2.60. The van der Waals surface area contributed by atoms with Gasteiger partial charge in [-0.1, -0.05) is 25.1 Å². The van der Waals surface area contributed by atoms with Crippen molar-refractivity contribution >= 4 is 17.2 Å². The van der Waals surface area contributed by atoms with Crippen molar-refractivity contribution in [3.8, 4) is 5.75 Å². The summed E-state index contributed by atoms with van der Waals surface area (Å²) in [5, 5.41) is 2.88. The fraction of sp³-hybridized carbons (Fsp3) is 0.333. The fourth-order valence-electron chi connectivity index (χ4n) is 2.71. The molecule has 1 amide bonds. The molecule has 0 saturated carbocycles. The molecule has 1 atom stereocenters. The molecule has 27 heavy (non-hydrogen) atoms. The number of rotatable bonds is 8. The lowest BCUT2D eigenvalue weighted by Gasteiger charge is -2.27. The third-order valence-electron chi connectivity index (χ3n) is 4.49. The molecule has 5 nitrogen and oxygen atoms in total. The topological polar surface area (TPSA) is 55.6 Å². The van der Waals surface area contributed by atoms with Crippen LogP contribution in [-0.2, 0) is 13.2 Å². The van der Waals surface area contributed by atoms with Gasteiger partial charge in [0.25, 0.3) is 5.91 Å². The van der Waals surface area contributed by atoms with E-state index >= 15 is 0 Å². The third-order valence-corrected chi connectivity index (χ3v) is 5.36. The van der Waals surface area contributed by atoms with E-state index in [0.717, 1.165) is 28.4 Å². The molecule has 0 fully saturated rings. The fourth-order valence-corrected chi connectivity index (χ4v) is 3.41. The summed E-state index contributed by atoms with van der Waals surface area (Å²) in [7, 11) is 0. The highest BCUT2D eigenvalue weighted by Gasteiger charge is 2.23. The van der Waals surface area contributed by atoms with Crippen LogP contribution in [-0.4, -0.2) is 21.8 Å². The van der Waals surface area contributed by atoms with Gasteiger partial charge in [-0.15, -0.1) is 11.3 Å². The number of thiazole rings is 1. The SMILES string of the molecule is CCC(C)N(Cc1csc(COc2ccccc2C)n1)C(=O)c1ccco1. The summed E-state index contributed by atoms with van der Waals surface area (Å²) in [5.41, 5.74) is 1.96. The number of ether oxygens (including phenoxy) is 1. The summed E-state index contributed by atoms with van der Waals surface area (Å²) in [6.45, 7) is 7.00. The van der Waals surface area contributed by atoms with Gasteiger partial charge in [0.2, 0.25) is 0 Å². The van der Waals surface area contributed by atoms with Crippen LogP contribution < -0.4 is 4.74 Å². The van der Waals surface area contributed by atoms with Crippen LogP contribution in [0.5, 0.6) is 5.75 Å². The van der Waals surface area contributed by atoms with Gasteiger partial charge in [0.05, 0.1) is 18.5 Å². The van der Waals surface area contributed by atoms with E-state index < -0.39 is 0 Å². The highest BCUT2D eigenvalue weighted by atomic mass is 32.1. The lowest BCUT2D eigenvalue weighted by molar-refractivity contribution is 0.0636.